The zero-order valence-electron chi connectivity index (χ0n) is 10.5. The molecule has 4 nitrogen and oxygen atoms in total. The molecule has 0 N–H and O–H groups in total. The summed E-state index contributed by atoms with van der Waals surface area (Å²) in [5.74, 6) is -0.0447. The van der Waals surface area contributed by atoms with Crippen LogP contribution in [-0.2, 0) is 19.1 Å². The summed E-state index contributed by atoms with van der Waals surface area (Å²) < 4.78 is 9.68. The van der Waals surface area contributed by atoms with E-state index in [1.807, 2.05) is 0 Å². The topological polar surface area (TPSA) is 52.6 Å². The Labute approximate surface area is 97.3 Å². The van der Waals surface area contributed by atoms with Crippen LogP contribution in [-0.4, -0.2) is 25.2 Å². The molecule has 94 valence electrons. The Morgan fingerprint density at radius 3 is 2.12 bits per heavy atom. The van der Waals surface area contributed by atoms with Crippen LogP contribution in [0.5, 0.6) is 0 Å². The predicted molar refractivity (Wildman–Crippen MR) is 60.9 cm³/mol. The Morgan fingerprint density at radius 2 is 1.62 bits per heavy atom. The first-order valence-corrected chi connectivity index (χ1v) is 5.87. The number of carbonyl (C=O) groups is 2. The lowest BCUT2D eigenvalue weighted by atomic mass is 10.1. The summed E-state index contributed by atoms with van der Waals surface area (Å²) in [6, 6.07) is 0. The van der Waals surface area contributed by atoms with Crippen molar-refractivity contribution in [2.24, 2.45) is 5.92 Å². The average molecular weight is 230 g/mol. The first-order chi connectivity index (χ1) is 7.56. The number of hydrogen-bond donors (Lipinski definition) is 0. The highest BCUT2D eigenvalue weighted by Gasteiger charge is 2.08. The highest BCUT2D eigenvalue weighted by Crippen LogP contribution is 2.04. The van der Waals surface area contributed by atoms with Crippen molar-refractivity contribution in [3.63, 3.8) is 0 Å². The lowest BCUT2D eigenvalue weighted by Gasteiger charge is -2.06. The summed E-state index contributed by atoms with van der Waals surface area (Å²) in [5.41, 5.74) is 0. The van der Waals surface area contributed by atoms with Crippen LogP contribution in [0.15, 0.2) is 0 Å². The second-order valence-corrected chi connectivity index (χ2v) is 4.06. The third-order valence-corrected chi connectivity index (χ3v) is 2.03. The lowest BCUT2D eigenvalue weighted by Crippen LogP contribution is -2.11. The van der Waals surface area contributed by atoms with E-state index in [9.17, 15) is 9.59 Å². The van der Waals surface area contributed by atoms with E-state index in [2.05, 4.69) is 13.8 Å². The first kappa shape index (κ1) is 14.9. The van der Waals surface area contributed by atoms with Gasteiger partial charge in [-0.15, -0.1) is 0 Å². The Balaban J connectivity index is 3.41. The monoisotopic (exact) mass is 230 g/mol. The van der Waals surface area contributed by atoms with Gasteiger partial charge in [-0.05, 0) is 25.7 Å². The molecular weight excluding hydrogens is 208 g/mol. The molecule has 0 saturated heterocycles. The van der Waals surface area contributed by atoms with Gasteiger partial charge in [0.05, 0.1) is 26.1 Å². The molecule has 0 radical (unpaired) electrons. The van der Waals surface area contributed by atoms with Gasteiger partial charge >= 0.3 is 11.9 Å². The molecule has 0 aromatic rings. The first-order valence-electron chi connectivity index (χ1n) is 5.87. The predicted octanol–water partition coefficient (Wildman–Crippen LogP) is 2.31. The summed E-state index contributed by atoms with van der Waals surface area (Å²) in [6.07, 6.45) is 2.14. The fraction of sp³-hybridized carbons (Fsp3) is 0.833. The van der Waals surface area contributed by atoms with Crippen LogP contribution in [0.1, 0.15) is 46.5 Å². The number of rotatable bonds is 8. The van der Waals surface area contributed by atoms with Gasteiger partial charge in [-0.25, -0.2) is 0 Å². The van der Waals surface area contributed by atoms with Crippen LogP contribution in [0.25, 0.3) is 0 Å². The molecule has 0 rings (SSSR count). The molecule has 0 heterocycles. The SMILES string of the molecule is CCOC(=O)CCC(=O)OCCCC(C)C. The van der Waals surface area contributed by atoms with Crippen LogP contribution in [0.3, 0.4) is 0 Å². The molecule has 0 fully saturated rings. The van der Waals surface area contributed by atoms with Crippen LogP contribution in [0.2, 0.25) is 0 Å². The maximum atomic E-state index is 11.2. The molecule has 0 aliphatic rings. The molecule has 16 heavy (non-hydrogen) atoms. The van der Waals surface area contributed by atoms with E-state index < -0.39 is 0 Å². The van der Waals surface area contributed by atoms with Crippen molar-refractivity contribution in [2.75, 3.05) is 13.2 Å². The van der Waals surface area contributed by atoms with Crippen molar-refractivity contribution in [1.82, 2.24) is 0 Å². The van der Waals surface area contributed by atoms with Gasteiger partial charge in [0.2, 0.25) is 0 Å². The van der Waals surface area contributed by atoms with E-state index in [4.69, 9.17) is 9.47 Å². The summed E-state index contributed by atoms with van der Waals surface area (Å²) in [6.45, 7) is 6.79. The second kappa shape index (κ2) is 9.19. The average Bonchev–Trinajstić information content (AvgIpc) is 2.22. The van der Waals surface area contributed by atoms with Gasteiger partial charge in [0.15, 0.2) is 0 Å². The van der Waals surface area contributed by atoms with Gasteiger partial charge in [-0.1, -0.05) is 13.8 Å². The zero-order valence-corrected chi connectivity index (χ0v) is 10.5. The Bertz CT molecular complexity index is 211. The minimum atomic E-state index is -0.346. The Hall–Kier alpha value is -1.06. The minimum Gasteiger partial charge on any atom is -0.466 e. The fourth-order valence-electron chi connectivity index (χ4n) is 1.19. The van der Waals surface area contributed by atoms with E-state index in [-0.39, 0.29) is 24.8 Å². The standard InChI is InChI=1S/C12H22O4/c1-4-15-11(13)7-8-12(14)16-9-5-6-10(2)3/h10H,4-9H2,1-3H3. The van der Waals surface area contributed by atoms with Crippen molar-refractivity contribution >= 4 is 11.9 Å². The molecule has 0 aliphatic heterocycles. The third-order valence-electron chi connectivity index (χ3n) is 2.03. The molecule has 0 aliphatic carbocycles. The zero-order chi connectivity index (χ0) is 12.4. The maximum absolute atomic E-state index is 11.2. The van der Waals surface area contributed by atoms with Crippen LogP contribution < -0.4 is 0 Å². The molecule has 0 atom stereocenters. The molecule has 4 heteroatoms. The van der Waals surface area contributed by atoms with E-state index in [0.29, 0.717) is 19.1 Å². The summed E-state index contributed by atoms with van der Waals surface area (Å²) >= 11 is 0. The molecule has 0 saturated carbocycles. The third kappa shape index (κ3) is 9.49. The van der Waals surface area contributed by atoms with Gasteiger partial charge in [-0.2, -0.15) is 0 Å². The number of esters is 2. The second-order valence-electron chi connectivity index (χ2n) is 4.06. The Morgan fingerprint density at radius 1 is 1.06 bits per heavy atom. The van der Waals surface area contributed by atoms with E-state index in [1.165, 1.54) is 0 Å². The van der Waals surface area contributed by atoms with Crippen molar-refractivity contribution in [3.05, 3.63) is 0 Å². The Kier molecular flexibility index (Phi) is 8.58. The molecule has 0 aromatic heterocycles. The van der Waals surface area contributed by atoms with Gasteiger partial charge in [0.1, 0.15) is 0 Å². The van der Waals surface area contributed by atoms with Gasteiger partial charge in [-0.3, -0.25) is 9.59 Å². The summed E-state index contributed by atoms with van der Waals surface area (Å²) in [5, 5.41) is 0. The molecule has 0 unspecified atom stereocenters. The lowest BCUT2D eigenvalue weighted by molar-refractivity contribution is -0.150. The highest BCUT2D eigenvalue weighted by molar-refractivity contribution is 5.77. The normalized spacial score (nSPS) is 10.2. The van der Waals surface area contributed by atoms with Crippen molar-refractivity contribution in [1.29, 1.82) is 0 Å². The van der Waals surface area contributed by atoms with Crippen molar-refractivity contribution in [3.8, 4) is 0 Å². The minimum absolute atomic E-state index is 0.108. The van der Waals surface area contributed by atoms with Crippen molar-refractivity contribution < 1.29 is 19.1 Å². The van der Waals surface area contributed by atoms with Crippen LogP contribution >= 0.6 is 0 Å². The van der Waals surface area contributed by atoms with Crippen molar-refractivity contribution in [2.45, 2.75) is 46.5 Å². The van der Waals surface area contributed by atoms with Gasteiger partial charge < -0.3 is 9.47 Å². The summed E-state index contributed by atoms with van der Waals surface area (Å²) in [4.78, 5) is 22.1. The van der Waals surface area contributed by atoms with E-state index in [0.717, 1.165) is 12.8 Å². The molecule has 0 bridgehead atoms. The van der Waals surface area contributed by atoms with Gasteiger partial charge in [0, 0.05) is 0 Å². The molecule has 0 spiro atoms. The quantitative estimate of drug-likeness (QED) is 0.474. The highest BCUT2D eigenvalue weighted by atomic mass is 16.5. The number of ether oxygens (including phenoxy) is 2. The van der Waals surface area contributed by atoms with Crippen LogP contribution in [0, 0.1) is 5.92 Å². The molecule has 0 aromatic carbocycles. The van der Waals surface area contributed by atoms with E-state index in [1.54, 1.807) is 6.92 Å². The maximum Gasteiger partial charge on any atom is 0.306 e. The van der Waals surface area contributed by atoms with E-state index >= 15 is 0 Å². The number of carbonyl (C=O) groups excluding carboxylic acids is 2. The van der Waals surface area contributed by atoms with Crippen LogP contribution in [0.4, 0.5) is 0 Å². The molecule has 0 amide bonds. The molecular formula is C12H22O4. The summed E-state index contributed by atoms with van der Waals surface area (Å²) in [7, 11) is 0. The number of hydrogen-bond acceptors (Lipinski definition) is 4. The fourth-order valence-corrected chi connectivity index (χ4v) is 1.19. The largest absolute Gasteiger partial charge is 0.466 e. The van der Waals surface area contributed by atoms with Gasteiger partial charge in [0.25, 0.3) is 0 Å². The smallest absolute Gasteiger partial charge is 0.306 e.